The van der Waals surface area contributed by atoms with E-state index in [1.807, 2.05) is 0 Å². The average molecular weight is 264 g/mol. The first-order valence-electron chi connectivity index (χ1n) is 5.66. The van der Waals surface area contributed by atoms with Gasteiger partial charge in [0.15, 0.2) is 0 Å². The van der Waals surface area contributed by atoms with Gasteiger partial charge in [-0.2, -0.15) is 15.1 Å². The molecule has 8 heteroatoms. The fourth-order valence-electron chi connectivity index (χ4n) is 1.74. The molecule has 0 bridgehead atoms. The molecule has 0 aliphatic heterocycles. The summed E-state index contributed by atoms with van der Waals surface area (Å²) in [5, 5.41) is 4.10. The number of aryl methyl sites for hydroxylation is 1. The molecule has 4 N–H and O–H groups in total. The monoisotopic (exact) mass is 264 g/mol. The molecule has 0 aliphatic carbocycles. The predicted octanol–water partition coefficient (Wildman–Crippen LogP) is 0.0974. The molecule has 2 aromatic heterocycles. The Morgan fingerprint density at radius 2 is 1.79 bits per heavy atom. The first-order chi connectivity index (χ1) is 9.13. The van der Waals surface area contributed by atoms with Crippen molar-refractivity contribution in [2.45, 2.75) is 13.0 Å². The molecule has 0 saturated heterocycles. The van der Waals surface area contributed by atoms with Crippen molar-refractivity contribution in [3.8, 4) is 11.8 Å². The van der Waals surface area contributed by atoms with Crippen molar-refractivity contribution in [2.24, 2.45) is 0 Å². The number of hydrogen-bond acceptors (Lipinski definition) is 7. The van der Waals surface area contributed by atoms with Gasteiger partial charge in [-0.15, -0.1) is 0 Å². The van der Waals surface area contributed by atoms with Gasteiger partial charge in [0.2, 0.25) is 17.7 Å². The number of methoxy groups -OCH3 is 2. The quantitative estimate of drug-likeness (QED) is 0.786. The van der Waals surface area contributed by atoms with Gasteiger partial charge in [-0.3, -0.25) is 4.68 Å². The Bertz CT molecular complexity index is 543. The van der Waals surface area contributed by atoms with Gasteiger partial charge in [0.05, 0.1) is 31.7 Å². The zero-order chi connectivity index (χ0) is 13.8. The van der Waals surface area contributed by atoms with Crippen LogP contribution in [0.4, 0.5) is 11.6 Å². The van der Waals surface area contributed by atoms with E-state index >= 15 is 0 Å². The van der Waals surface area contributed by atoms with E-state index in [-0.39, 0.29) is 5.95 Å². The third-order valence-electron chi connectivity index (χ3n) is 2.58. The van der Waals surface area contributed by atoms with Crippen molar-refractivity contribution in [1.82, 2.24) is 19.7 Å². The minimum atomic E-state index is 0.112. The third kappa shape index (κ3) is 2.84. The molecule has 2 aromatic rings. The molecule has 0 unspecified atom stereocenters. The van der Waals surface area contributed by atoms with E-state index in [0.717, 1.165) is 5.56 Å². The van der Waals surface area contributed by atoms with E-state index in [2.05, 4.69) is 15.1 Å². The maximum absolute atomic E-state index is 5.61. The van der Waals surface area contributed by atoms with Crippen molar-refractivity contribution < 1.29 is 9.47 Å². The fraction of sp³-hybridized carbons (Fsp3) is 0.364. The molecule has 0 radical (unpaired) electrons. The predicted molar refractivity (Wildman–Crippen MR) is 69.9 cm³/mol. The van der Waals surface area contributed by atoms with Gasteiger partial charge in [0, 0.05) is 19.2 Å². The molecule has 102 valence electrons. The Morgan fingerprint density at radius 1 is 1.16 bits per heavy atom. The summed E-state index contributed by atoms with van der Waals surface area (Å²) in [5.74, 6) is 0.926. The highest BCUT2D eigenvalue weighted by atomic mass is 16.5. The van der Waals surface area contributed by atoms with Crippen LogP contribution in [0.25, 0.3) is 0 Å². The molecule has 2 heterocycles. The second-order valence-corrected chi connectivity index (χ2v) is 3.87. The van der Waals surface area contributed by atoms with E-state index in [1.54, 1.807) is 17.1 Å². The lowest BCUT2D eigenvalue weighted by molar-refractivity contribution is 0.361. The minimum Gasteiger partial charge on any atom is -0.481 e. The number of nitrogens with two attached hydrogens (primary N) is 2. The topological polar surface area (TPSA) is 114 Å². The zero-order valence-electron chi connectivity index (χ0n) is 10.8. The van der Waals surface area contributed by atoms with Crippen molar-refractivity contribution in [2.75, 3.05) is 25.7 Å². The Labute approximate surface area is 110 Å². The van der Waals surface area contributed by atoms with Crippen molar-refractivity contribution >= 4 is 11.6 Å². The van der Waals surface area contributed by atoms with Crippen LogP contribution in [0.3, 0.4) is 0 Å². The minimum absolute atomic E-state index is 0.112. The summed E-state index contributed by atoms with van der Waals surface area (Å²) in [4.78, 5) is 8.06. The molecule has 0 amide bonds. The van der Waals surface area contributed by atoms with Gasteiger partial charge in [-0.25, -0.2) is 0 Å². The SMILES string of the molecule is COc1nc(N)nc(OC)c1CCn1cc(N)cn1. The molecular formula is C11H16N6O2. The molecular weight excluding hydrogens is 248 g/mol. The summed E-state index contributed by atoms with van der Waals surface area (Å²) in [6, 6.07) is 0. The number of hydrogen-bond donors (Lipinski definition) is 2. The fourth-order valence-corrected chi connectivity index (χ4v) is 1.74. The standard InChI is InChI=1S/C11H16N6O2/c1-18-9-8(10(19-2)16-11(13)15-9)3-4-17-6-7(12)5-14-17/h5-6H,3-4,12H2,1-2H3,(H2,13,15,16). The summed E-state index contributed by atoms with van der Waals surface area (Å²) in [5.41, 5.74) is 12.5. The summed E-state index contributed by atoms with van der Waals surface area (Å²) in [7, 11) is 3.05. The van der Waals surface area contributed by atoms with Crippen molar-refractivity contribution in [3.05, 3.63) is 18.0 Å². The lowest BCUT2D eigenvalue weighted by Crippen LogP contribution is -2.09. The highest BCUT2D eigenvalue weighted by Gasteiger charge is 2.15. The summed E-state index contributed by atoms with van der Waals surface area (Å²) in [6.45, 7) is 0.608. The second-order valence-electron chi connectivity index (χ2n) is 3.87. The number of ether oxygens (including phenoxy) is 2. The second kappa shape index (κ2) is 5.42. The van der Waals surface area contributed by atoms with Crippen LogP contribution >= 0.6 is 0 Å². The van der Waals surface area contributed by atoms with Gasteiger partial charge >= 0.3 is 0 Å². The van der Waals surface area contributed by atoms with Gasteiger partial charge in [-0.05, 0) is 0 Å². The van der Waals surface area contributed by atoms with Crippen LogP contribution < -0.4 is 20.9 Å². The molecule has 0 fully saturated rings. The zero-order valence-corrected chi connectivity index (χ0v) is 10.8. The first kappa shape index (κ1) is 12.9. The van der Waals surface area contributed by atoms with Crippen LogP contribution in [-0.4, -0.2) is 34.0 Å². The Kier molecular flexibility index (Phi) is 3.69. The molecule has 2 rings (SSSR count). The van der Waals surface area contributed by atoms with E-state index in [4.69, 9.17) is 20.9 Å². The Morgan fingerprint density at radius 3 is 2.26 bits per heavy atom. The Hall–Kier alpha value is -2.51. The van der Waals surface area contributed by atoms with Gasteiger partial charge < -0.3 is 20.9 Å². The Balaban J connectivity index is 2.23. The van der Waals surface area contributed by atoms with Gasteiger partial charge in [-0.1, -0.05) is 0 Å². The van der Waals surface area contributed by atoms with Gasteiger partial charge in [0.25, 0.3) is 0 Å². The number of aromatic nitrogens is 4. The van der Waals surface area contributed by atoms with Crippen LogP contribution in [0, 0.1) is 0 Å². The molecule has 0 aliphatic rings. The number of nitrogen functional groups attached to an aromatic ring is 2. The number of nitrogens with zero attached hydrogens (tertiary/aromatic N) is 4. The first-order valence-corrected chi connectivity index (χ1v) is 5.66. The van der Waals surface area contributed by atoms with E-state index in [0.29, 0.717) is 30.4 Å². The van der Waals surface area contributed by atoms with Crippen LogP contribution in [0.2, 0.25) is 0 Å². The number of rotatable bonds is 5. The van der Waals surface area contributed by atoms with E-state index < -0.39 is 0 Å². The average Bonchev–Trinajstić information content (AvgIpc) is 2.81. The molecule has 0 saturated carbocycles. The van der Waals surface area contributed by atoms with Gasteiger partial charge in [0.1, 0.15) is 0 Å². The largest absolute Gasteiger partial charge is 0.481 e. The molecule has 0 spiro atoms. The normalized spacial score (nSPS) is 10.4. The highest BCUT2D eigenvalue weighted by Crippen LogP contribution is 2.26. The smallest absolute Gasteiger partial charge is 0.226 e. The number of anilines is 2. The van der Waals surface area contributed by atoms with E-state index in [1.165, 1.54) is 14.2 Å². The maximum atomic E-state index is 5.61. The maximum Gasteiger partial charge on any atom is 0.226 e. The lowest BCUT2D eigenvalue weighted by atomic mass is 10.2. The van der Waals surface area contributed by atoms with Crippen LogP contribution in [0.5, 0.6) is 11.8 Å². The van der Waals surface area contributed by atoms with Crippen molar-refractivity contribution in [1.29, 1.82) is 0 Å². The summed E-state index contributed by atoms with van der Waals surface area (Å²) in [6.07, 6.45) is 3.93. The molecule has 19 heavy (non-hydrogen) atoms. The van der Waals surface area contributed by atoms with Crippen molar-refractivity contribution in [3.63, 3.8) is 0 Å². The summed E-state index contributed by atoms with van der Waals surface area (Å²) >= 11 is 0. The molecule has 8 nitrogen and oxygen atoms in total. The third-order valence-corrected chi connectivity index (χ3v) is 2.58. The molecule has 0 aromatic carbocycles. The summed E-state index contributed by atoms with van der Waals surface area (Å²) < 4.78 is 12.1. The van der Waals surface area contributed by atoms with E-state index in [9.17, 15) is 0 Å². The highest BCUT2D eigenvalue weighted by molar-refractivity contribution is 5.40. The van der Waals surface area contributed by atoms with Crippen LogP contribution in [-0.2, 0) is 13.0 Å². The van der Waals surface area contributed by atoms with Crippen LogP contribution in [0.15, 0.2) is 12.4 Å². The molecule has 0 atom stereocenters. The van der Waals surface area contributed by atoms with Crippen LogP contribution in [0.1, 0.15) is 5.56 Å². The lowest BCUT2D eigenvalue weighted by Gasteiger charge is -2.11.